The van der Waals surface area contributed by atoms with Crippen LogP contribution in [0.5, 0.6) is 5.75 Å². The van der Waals surface area contributed by atoms with Crippen molar-refractivity contribution in [2.24, 2.45) is 5.73 Å². The first-order valence-corrected chi connectivity index (χ1v) is 18.0. The summed E-state index contributed by atoms with van der Waals surface area (Å²) in [6.45, 7) is 1.00. The second kappa shape index (κ2) is 19.2. The van der Waals surface area contributed by atoms with Crippen LogP contribution < -0.4 is 21.1 Å². The number of hydrogen-bond acceptors (Lipinski definition) is 7. The average Bonchev–Trinajstić information content (AvgIpc) is 3.90. The molecular formula is C43H41F2N3O8. The van der Waals surface area contributed by atoms with Gasteiger partial charge in [0.25, 0.3) is 11.8 Å². The van der Waals surface area contributed by atoms with Crippen molar-refractivity contribution in [2.75, 3.05) is 30.4 Å². The van der Waals surface area contributed by atoms with E-state index in [0.29, 0.717) is 68.6 Å². The molecule has 0 saturated carbocycles. The molecule has 0 unspecified atom stereocenters. The second-order valence-electron chi connectivity index (χ2n) is 13.0. The first-order chi connectivity index (χ1) is 27.0. The van der Waals surface area contributed by atoms with Gasteiger partial charge in [0.2, 0.25) is 0 Å². The molecule has 3 aliphatic rings. The number of nitrogens with one attached hydrogen (secondary N) is 2. The van der Waals surface area contributed by atoms with Crippen molar-refractivity contribution in [1.29, 1.82) is 0 Å². The molecule has 0 atom stereocenters. The number of allylic oxidation sites excluding steroid dienone is 4. The van der Waals surface area contributed by atoms with E-state index in [4.69, 9.17) is 31.8 Å². The molecule has 0 fully saturated rings. The number of anilines is 2. The van der Waals surface area contributed by atoms with E-state index >= 15 is 0 Å². The van der Waals surface area contributed by atoms with Crippen molar-refractivity contribution in [2.45, 2.75) is 51.4 Å². The van der Waals surface area contributed by atoms with Gasteiger partial charge in [-0.2, -0.15) is 0 Å². The van der Waals surface area contributed by atoms with E-state index in [1.165, 1.54) is 24.3 Å². The molecule has 0 radical (unpaired) electrons. The number of rotatable bonds is 13. The largest absolute Gasteiger partial charge is 0.497 e. The number of aliphatic carboxylic acids is 2. The van der Waals surface area contributed by atoms with Crippen LogP contribution in [-0.2, 0) is 23.9 Å². The molecule has 3 aromatic carbocycles. The Hall–Kier alpha value is -6.52. The third-order valence-electron chi connectivity index (χ3n) is 9.23. The zero-order valence-corrected chi connectivity index (χ0v) is 30.5. The van der Waals surface area contributed by atoms with Crippen molar-refractivity contribution in [3.8, 4) is 29.2 Å². The van der Waals surface area contributed by atoms with E-state index < -0.39 is 35.4 Å². The van der Waals surface area contributed by atoms with Crippen LogP contribution >= 0.6 is 0 Å². The zero-order chi connectivity index (χ0) is 40.2. The minimum atomic E-state index is -1.11. The Morgan fingerprint density at radius 2 is 1.29 bits per heavy atom. The number of hydrogen-bond donors (Lipinski definition) is 5. The molecule has 0 aromatic heterocycles. The Morgan fingerprint density at radius 1 is 0.732 bits per heavy atom. The molecule has 13 heteroatoms. The van der Waals surface area contributed by atoms with Gasteiger partial charge in [0, 0.05) is 35.3 Å². The van der Waals surface area contributed by atoms with Gasteiger partial charge in [-0.05, 0) is 110 Å². The van der Waals surface area contributed by atoms with E-state index in [1.807, 2.05) is 12.2 Å². The molecule has 11 nitrogen and oxygen atoms in total. The van der Waals surface area contributed by atoms with Gasteiger partial charge in [0.05, 0.1) is 23.7 Å². The van der Waals surface area contributed by atoms with Crippen LogP contribution in [0.2, 0.25) is 0 Å². The van der Waals surface area contributed by atoms with Crippen molar-refractivity contribution in [1.82, 2.24) is 0 Å². The zero-order valence-electron chi connectivity index (χ0n) is 30.5. The van der Waals surface area contributed by atoms with Crippen LogP contribution in [0.3, 0.4) is 0 Å². The highest BCUT2D eigenvalue weighted by atomic mass is 19.1. The Bertz CT molecular complexity index is 2200. The number of carbonyl (C=O) groups is 4. The molecule has 3 aromatic rings. The minimum absolute atomic E-state index is 0.00220. The van der Waals surface area contributed by atoms with Crippen molar-refractivity contribution >= 4 is 40.7 Å². The summed E-state index contributed by atoms with van der Waals surface area (Å²) in [6.07, 6.45) is 13.3. The number of carbonyl (C=O) groups excluding carboxylic acids is 2. The van der Waals surface area contributed by atoms with Gasteiger partial charge in [-0.1, -0.05) is 36.3 Å². The third-order valence-corrected chi connectivity index (χ3v) is 9.23. The van der Waals surface area contributed by atoms with Gasteiger partial charge >= 0.3 is 11.9 Å². The molecule has 0 bridgehead atoms. The van der Waals surface area contributed by atoms with Gasteiger partial charge in [-0.3, -0.25) is 9.59 Å². The lowest BCUT2D eigenvalue weighted by Crippen LogP contribution is -2.17. The SMILES string of the molecule is C#CCOc1cccc(-c2ccc(NC(=O)C3=C(C(=O)O)CCC3)c(F)c2)c1.NCCOC1=CC(c2ccc(NC(=O)C3=C(C(=O)O)CCC3)c(F)c2)=CCC1. The summed E-state index contributed by atoms with van der Waals surface area (Å²) >= 11 is 0. The number of terminal acetylenes is 1. The summed E-state index contributed by atoms with van der Waals surface area (Å²) in [4.78, 5) is 47.1. The van der Waals surface area contributed by atoms with Crippen molar-refractivity contribution in [3.05, 3.63) is 118 Å². The van der Waals surface area contributed by atoms with Crippen LogP contribution in [-0.4, -0.2) is 53.7 Å². The Morgan fingerprint density at radius 3 is 1.84 bits per heavy atom. The third kappa shape index (κ3) is 10.4. The summed E-state index contributed by atoms with van der Waals surface area (Å²) in [6, 6.07) is 16.0. The fraction of sp³-hybridized carbons (Fsp3) is 0.256. The molecule has 290 valence electrons. The lowest BCUT2D eigenvalue weighted by Gasteiger charge is -2.16. The van der Waals surface area contributed by atoms with Gasteiger partial charge in [0.1, 0.15) is 24.0 Å². The number of benzene rings is 3. The first kappa shape index (κ1) is 40.7. The monoisotopic (exact) mass is 765 g/mol. The van der Waals surface area contributed by atoms with Crippen LogP contribution in [0, 0.1) is 24.0 Å². The summed E-state index contributed by atoms with van der Waals surface area (Å²) < 4.78 is 40.0. The highest BCUT2D eigenvalue weighted by Gasteiger charge is 2.27. The summed E-state index contributed by atoms with van der Waals surface area (Å²) in [5.74, 6) is -0.764. The minimum Gasteiger partial charge on any atom is -0.497 e. The normalized spacial score (nSPS) is 14.8. The lowest BCUT2D eigenvalue weighted by atomic mass is 9.98. The number of ether oxygens (including phenoxy) is 2. The number of carboxylic acid groups (broad SMARTS) is 2. The predicted octanol–water partition coefficient (Wildman–Crippen LogP) is 7.37. The highest BCUT2D eigenvalue weighted by Crippen LogP contribution is 2.32. The fourth-order valence-electron chi connectivity index (χ4n) is 6.52. The maximum Gasteiger partial charge on any atom is 0.332 e. The van der Waals surface area contributed by atoms with E-state index in [-0.39, 0.29) is 40.3 Å². The van der Waals surface area contributed by atoms with Gasteiger partial charge < -0.3 is 36.1 Å². The smallest absolute Gasteiger partial charge is 0.332 e. The molecule has 0 heterocycles. The van der Waals surface area contributed by atoms with Gasteiger partial charge in [-0.15, -0.1) is 6.42 Å². The Balaban J connectivity index is 0.000000214. The number of amides is 2. The first-order valence-electron chi connectivity index (χ1n) is 18.0. The van der Waals surface area contributed by atoms with Crippen molar-refractivity contribution < 1.29 is 47.6 Å². The molecule has 0 spiro atoms. The summed E-state index contributed by atoms with van der Waals surface area (Å²) in [5, 5.41) is 23.3. The molecule has 0 aliphatic heterocycles. The number of nitrogens with two attached hydrogens (primary N) is 1. The van der Waals surface area contributed by atoms with Crippen LogP contribution in [0.4, 0.5) is 20.2 Å². The molecular weight excluding hydrogens is 724 g/mol. The summed E-state index contributed by atoms with van der Waals surface area (Å²) in [7, 11) is 0. The molecule has 6 rings (SSSR count). The standard InChI is InChI=1S/C22H18FNO4.C21H23FN2O4/c1-2-11-28-16-6-3-5-14(12-16)15-9-10-20(19(23)13-15)24-21(25)17-7-4-8-18(17)22(26)27;22-18-12-14(13-3-1-4-15(11-13)28-10-9-23)7-8-19(18)24-20(25)16-5-2-6-17(16)21(26)27/h1,3,5-6,9-10,12-13H,4,7-8,11H2,(H,24,25)(H,26,27);3,7-8,11-12H,1-2,4-6,9-10,23H2,(H,24,25)(H,26,27). The van der Waals surface area contributed by atoms with Gasteiger partial charge in [0.15, 0.2) is 0 Å². The van der Waals surface area contributed by atoms with Crippen LogP contribution in [0.25, 0.3) is 16.7 Å². The Labute approximate surface area is 322 Å². The van der Waals surface area contributed by atoms with E-state index in [2.05, 4.69) is 16.6 Å². The predicted molar refractivity (Wildman–Crippen MR) is 207 cm³/mol. The topological polar surface area (TPSA) is 177 Å². The molecule has 3 aliphatic carbocycles. The molecule has 6 N–H and O–H groups in total. The average molecular weight is 766 g/mol. The quantitative estimate of drug-likeness (QED) is 0.111. The maximum absolute atomic E-state index is 14.6. The maximum atomic E-state index is 14.6. The van der Waals surface area contributed by atoms with E-state index in [0.717, 1.165) is 29.7 Å². The number of carboxylic acids is 2. The second-order valence-corrected chi connectivity index (χ2v) is 13.0. The van der Waals surface area contributed by atoms with Crippen molar-refractivity contribution in [3.63, 3.8) is 0 Å². The Kier molecular flexibility index (Phi) is 13.9. The van der Waals surface area contributed by atoms with Crippen LogP contribution in [0.1, 0.15) is 56.9 Å². The van der Waals surface area contributed by atoms with E-state index in [1.54, 1.807) is 36.4 Å². The molecule has 0 saturated heterocycles. The number of halogens is 2. The van der Waals surface area contributed by atoms with E-state index in [9.17, 15) is 28.0 Å². The van der Waals surface area contributed by atoms with Gasteiger partial charge in [-0.25, -0.2) is 18.4 Å². The summed E-state index contributed by atoms with van der Waals surface area (Å²) in [5.41, 5.74) is 8.96. The van der Waals surface area contributed by atoms with Crippen LogP contribution in [0.15, 0.2) is 101 Å². The highest BCUT2D eigenvalue weighted by molar-refractivity contribution is 6.10. The fourth-order valence-corrected chi connectivity index (χ4v) is 6.52. The lowest BCUT2D eigenvalue weighted by molar-refractivity contribution is -0.133. The molecule has 2 amide bonds. The molecule has 56 heavy (non-hydrogen) atoms.